The molecule has 0 saturated heterocycles. The molecule has 1 N–H and O–H groups in total. The number of benzene rings is 2. The van der Waals surface area contributed by atoms with Crippen LogP contribution in [0.5, 0.6) is 0 Å². The third-order valence-corrected chi connectivity index (χ3v) is 4.20. The molecule has 0 unspecified atom stereocenters. The highest BCUT2D eigenvalue weighted by Gasteiger charge is 2.13. The van der Waals surface area contributed by atoms with Crippen molar-refractivity contribution < 1.29 is 14.3 Å². The summed E-state index contributed by atoms with van der Waals surface area (Å²) in [5.41, 5.74) is 3.23. The number of halogens is 1. The van der Waals surface area contributed by atoms with E-state index in [2.05, 4.69) is 9.97 Å². The molecule has 0 aliphatic rings. The quantitative estimate of drug-likeness (QED) is 0.542. The minimum atomic E-state index is -1.00. The van der Waals surface area contributed by atoms with Gasteiger partial charge in [0.15, 0.2) is 0 Å². The summed E-state index contributed by atoms with van der Waals surface area (Å²) in [7, 11) is 0. The minimum absolute atomic E-state index is 0.202. The number of pyridine rings is 2. The standard InChI is InChI=1S/C21H13FN2O2/c22-20-15(5-3-11-23-20)13-7-9-14(10-8-13)19-12-17(21(25)26)16-4-1-2-6-18(16)24-19/h1-12H,(H,25,26). The van der Waals surface area contributed by atoms with Crippen LogP contribution in [-0.4, -0.2) is 21.0 Å². The van der Waals surface area contributed by atoms with Crippen molar-refractivity contribution in [1.29, 1.82) is 0 Å². The lowest BCUT2D eigenvalue weighted by atomic mass is 10.0. The molecule has 26 heavy (non-hydrogen) atoms. The van der Waals surface area contributed by atoms with Crippen molar-refractivity contribution in [3.8, 4) is 22.4 Å². The van der Waals surface area contributed by atoms with Crippen LogP contribution in [0.4, 0.5) is 4.39 Å². The Morgan fingerprint density at radius 3 is 2.38 bits per heavy atom. The van der Waals surface area contributed by atoms with Crippen LogP contribution < -0.4 is 0 Å². The fraction of sp³-hybridized carbons (Fsp3) is 0. The van der Waals surface area contributed by atoms with E-state index in [0.29, 0.717) is 27.7 Å². The van der Waals surface area contributed by atoms with Gasteiger partial charge in [0, 0.05) is 22.7 Å². The molecule has 126 valence electrons. The van der Waals surface area contributed by atoms with Crippen molar-refractivity contribution in [3.05, 3.63) is 84.4 Å². The second-order valence-electron chi connectivity index (χ2n) is 5.80. The van der Waals surface area contributed by atoms with Crippen LogP contribution >= 0.6 is 0 Å². The van der Waals surface area contributed by atoms with Crippen LogP contribution in [0.2, 0.25) is 0 Å². The Kier molecular flexibility index (Phi) is 3.89. The molecule has 4 aromatic rings. The Morgan fingerprint density at radius 1 is 0.923 bits per heavy atom. The topological polar surface area (TPSA) is 63.1 Å². The number of nitrogens with zero attached hydrogens (tertiary/aromatic N) is 2. The van der Waals surface area contributed by atoms with Gasteiger partial charge in [-0.15, -0.1) is 0 Å². The molecule has 2 aromatic heterocycles. The summed E-state index contributed by atoms with van der Waals surface area (Å²) in [6.45, 7) is 0. The Labute approximate surface area is 148 Å². The Hall–Kier alpha value is -3.60. The van der Waals surface area contributed by atoms with Gasteiger partial charge < -0.3 is 5.11 Å². The first-order chi connectivity index (χ1) is 12.6. The first kappa shape index (κ1) is 15.9. The SMILES string of the molecule is O=C(O)c1cc(-c2ccc(-c3cccnc3F)cc2)nc2ccccc12. The summed E-state index contributed by atoms with van der Waals surface area (Å²) in [5, 5.41) is 10.1. The molecule has 2 heterocycles. The van der Waals surface area contributed by atoms with Gasteiger partial charge >= 0.3 is 5.97 Å². The van der Waals surface area contributed by atoms with Crippen LogP contribution in [0.25, 0.3) is 33.3 Å². The van der Waals surface area contributed by atoms with E-state index >= 15 is 0 Å². The van der Waals surface area contributed by atoms with Gasteiger partial charge in [0.2, 0.25) is 5.95 Å². The highest BCUT2D eigenvalue weighted by Crippen LogP contribution is 2.28. The predicted octanol–water partition coefficient (Wildman–Crippen LogP) is 4.80. The molecule has 0 atom stereocenters. The molecular weight excluding hydrogens is 331 g/mol. The van der Waals surface area contributed by atoms with Crippen LogP contribution in [0.3, 0.4) is 0 Å². The predicted molar refractivity (Wildman–Crippen MR) is 97.3 cm³/mol. The molecule has 0 aliphatic carbocycles. The Balaban J connectivity index is 1.81. The highest BCUT2D eigenvalue weighted by atomic mass is 19.1. The number of hydrogen-bond donors (Lipinski definition) is 1. The summed E-state index contributed by atoms with van der Waals surface area (Å²) < 4.78 is 13.8. The molecule has 5 heteroatoms. The fourth-order valence-corrected chi connectivity index (χ4v) is 2.92. The fourth-order valence-electron chi connectivity index (χ4n) is 2.92. The molecule has 0 aliphatic heterocycles. The van der Waals surface area contributed by atoms with Crippen molar-refractivity contribution in [2.75, 3.05) is 0 Å². The summed E-state index contributed by atoms with van der Waals surface area (Å²) in [6, 6.07) is 19.2. The maximum absolute atomic E-state index is 13.8. The highest BCUT2D eigenvalue weighted by molar-refractivity contribution is 6.03. The molecule has 4 nitrogen and oxygen atoms in total. The largest absolute Gasteiger partial charge is 0.478 e. The van der Waals surface area contributed by atoms with Crippen LogP contribution in [0.1, 0.15) is 10.4 Å². The molecule has 4 rings (SSSR count). The van der Waals surface area contributed by atoms with E-state index in [9.17, 15) is 14.3 Å². The number of carboxylic acid groups (broad SMARTS) is 1. The van der Waals surface area contributed by atoms with Gasteiger partial charge in [0.1, 0.15) is 0 Å². The molecule has 0 radical (unpaired) electrons. The first-order valence-electron chi connectivity index (χ1n) is 7.98. The number of para-hydroxylation sites is 1. The molecule has 0 bridgehead atoms. The smallest absolute Gasteiger partial charge is 0.336 e. The molecule has 0 amide bonds. The van der Waals surface area contributed by atoms with E-state index in [1.807, 2.05) is 6.07 Å². The van der Waals surface area contributed by atoms with Gasteiger partial charge in [0.25, 0.3) is 0 Å². The minimum Gasteiger partial charge on any atom is -0.478 e. The Bertz CT molecular complexity index is 1120. The number of rotatable bonds is 3. The summed E-state index contributed by atoms with van der Waals surface area (Å²) >= 11 is 0. The third-order valence-electron chi connectivity index (χ3n) is 4.20. The van der Waals surface area contributed by atoms with Crippen LogP contribution in [0, 0.1) is 5.95 Å². The second kappa shape index (κ2) is 6.37. The average molecular weight is 344 g/mol. The van der Waals surface area contributed by atoms with Crippen molar-refractivity contribution in [1.82, 2.24) is 9.97 Å². The van der Waals surface area contributed by atoms with Crippen molar-refractivity contribution >= 4 is 16.9 Å². The summed E-state index contributed by atoms with van der Waals surface area (Å²) in [6.07, 6.45) is 1.40. The van der Waals surface area contributed by atoms with Gasteiger partial charge in [-0.2, -0.15) is 4.39 Å². The van der Waals surface area contributed by atoms with Crippen molar-refractivity contribution in [2.24, 2.45) is 0 Å². The zero-order valence-corrected chi connectivity index (χ0v) is 13.6. The maximum atomic E-state index is 13.8. The molecule has 2 aromatic carbocycles. The van der Waals surface area contributed by atoms with Gasteiger partial charge in [-0.1, -0.05) is 42.5 Å². The lowest BCUT2D eigenvalue weighted by Gasteiger charge is -2.08. The third kappa shape index (κ3) is 2.80. The number of aromatic nitrogens is 2. The van der Waals surface area contributed by atoms with Gasteiger partial charge in [-0.25, -0.2) is 14.8 Å². The van der Waals surface area contributed by atoms with Gasteiger partial charge in [-0.05, 0) is 29.8 Å². The zero-order valence-electron chi connectivity index (χ0n) is 13.6. The van der Waals surface area contributed by atoms with E-state index in [0.717, 1.165) is 5.56 Å². The second-order valence-corrected chi connectivity index (χ2v) is 5.80. The lowest BCUT2D eigenvalue weighted by Crippen LogP contribution is -2.00. The van der Waals surface area contributed by atoms with Gasteiger partial charge in [0.05, 0.1) is 16.8 Å². The number of aromatic carboxylic acids is 1. The first-order valence-corrected chi connectivity index (χ1v) is 7.98. The van der Waals surface area contributed by atoms with E-state index < -0.39 is 11.9 Å². The van der Waals surface area contributed by atoms with Crippen molar-refractivity contribution in [2.45, 2.75) is 0 Å². The summed E-state index contributed by atoms with van der Waals surface area (Å²) in [4.78, 5) is 19.8. The monoisotopic (exact) mass is 344 g/mol. The number of fused-ring (bicyclic) bond motifs is 1. The molecule has 0 fully saturated rings. The average Bonchev–Trinajstić information content (AvgIpc) is 2.67. The molecular formula is C21H13FN2O2. The van der Waals surface area contributed by atoms with E-state index in [1.165, 1.54) is 6.20 Å². The van der Waals surface area contributed by atoms with Crippen LogP contribution in [0.15, 0.2) is 72.9 Å². The molecule has 0 saturated carbocycles. The Morgan fingerprint density at radius 2 is 1.65 bits per heavy atom. The maximum Gasteiger partial charge on any atom is 0.336 e. The van der Waals surface area contributed by atoms with Gasteiger partial charge in [-0.3, -0.25) is 0 Å². The number of carbonyl (C=O) groups is 1. The number of carboxylic acids is 1. The number of hydrogen-bond acceptors (Lipinski definition) is 3. The lowest BCUT2D eigenvalue weighted by molar-refractivity contribution is 0.0699. The van der Waals surface area contributed by atoms with E-state index in [-0.39, 0.29) is 5.56 Å². The molecule has 0 spiro atoms. The van der Waals surface area contributed by atoms with Crippen LogP contribution in [-0.2, 0) is 0 Å². The zero-order chi connectivity index (χ0) is 18.1. The van der Waals surface area contributed by atoms with E-state index in [1.54, 1.807) is 60.7 Å². The summed E-state index contributed by atoms with van der Waals surface area (Å²) in [5.74, 6) is -1.53. The van der Waals surface area contributed by atoms with E-state index in [4.69, 9.17) is 0 Å². The normalized spacial score (nSPS) is 10.8. The van der Waals surface area contributed by atoms with Crippen molar-refractivity contribution in [3.63, 3.8) is 0 Å².